The lowest BCUT2D eigenvalue weighted by molar-refractivity contribution is -0.121. The van der Waals surface area contributed by atoms with Crippen LogP contribution >= 0.6 is 11.3 Å². The molecule has 0 atom stereocenters. The quantitative estimate of drug-likeness (QED) is 0.582. The Morgan fingerprint density at radius 3 is 2.65 bits per heavy atom. The Kier molecular flexibility index (Phi) is 7.83. The van der Waals surface area contributed by atoms with Crippen LogP contribution in [0.3, 0.4) is 0 Å². The normalized spacial score (nSPS) is 14.5. The highest BCUT2D eigenvalue weighted by atomic mass is 32.1. The molecule has 9 heteroatoms. The number of anilines is 1. The second-order valence-electron chi connectivity index (χ2n) is 6.14. The topological polar surface area (TPSA) is 101 Å². The molecule has 1 saturated carbocycles. The van der Waals surface area contributed by atoms with Crippen LogP contribution < -0.4 is 15.8 Å². The van der Waals surface area contributed by atoms with Gasteiger partial charge in [-0.05, 0) is 26.2 Å². The summed E-state index contributed by atoms with van der Waals surface area (Å²) in [6.45, 7) is 3.83. The molecule has 1 fully saturated rings. The average Bonchev–Trinajstić information content (AvgIpc) is 3.11. The number of amides is 3. The molecular weight excluding hydrogens is 356 g/mol. The molecule has 0 unspecified atom stereocenters. The van der Waals surface area contributed by atoms with Gasteiger partial charge >= 0.3 is 12.0 Å². The van der Waals surface area contributed by atoms with Gasteiger partial charge in [0.05, 0.1) is 6.61 Å². The lowest BCUT2D eigenvalue weighted by Crippen LogP contribution is -2.53. The monoisotopic (exact) mass is 382 g/mol. The predicted molar refractivity (Wildman–Crippen MR) is 99.0 cm³/mol. The molecule has 3 amide bonds. The summed E-state index contributed by atoms with van der Waals surface area (Å²) in [6.07, 6.45) is 6.15. The molecule has 0 aromatic carbocycles. The highest BCUT2D eigenvalue weighted by Gasteiger charge is 2.26. The van der Waals surface area contributed by atoms with Gasteiger partial charge in [0.2, 0.25) is 11.0 Å². The minimum absolute atomic E-state index is 0.0892. The van der Waals surface area contributed by atoms with Gasteiger partial charge in [-0.3, -0.25) is 10.2 Å². The van der Waals surface area contributed by atoms with E-state index in [9.17, 15) is 14.4 Å². The SMILES string of the molecule is CCCC(=O)NN(C(=O)NC1CCCCC1)c1nc(C(=O)OCC)cs1. The minimum atomic E-state index is -0.553. The molecule has 144 valence electrons. The van der Waals surface area contributed by atoms with Crippen molar-refractivity contribution in [3.8, 4) is 0 Å². The number of hydrazine groups is 1. The first-order chi connectivity index (χ1) is 12.5. The van der Waals surface area contributed by atoms with Crippen molar-refractivity contribution in [2.75, 3.05) is 11.6 Å². The maximum atomic E-state index is 12.7. The Labute approximate surface area is 157 Å². The van der Waals surface area contributed by atoms with E-state index in [1.54, 1.807) is 6.92 Å². The van der Waals surface area contributed by atoms with E-state index in [2.05, 4.69) is 15.7 Å². The summed E-state index contributed by atoms with van der Waals surface area (Å²) in [4.78, 5) is 40.7. The Morgan fingerprint density at radius 1 is 1.27 bits per heavy atom. The predicted octanol–water partition coefficient (Wildman–Crippen LogP) is 3.00. The van der Waals surface area contributed by atoms with E-state index in [1.165, 1.54) is 11.8 Å². The molecule has 2 N–H and O–H groups in total. The summed E-state index contributed by atoms with van der Waals surface area (Å²) in [5.41, 5.74) is 2.70. The minimum Gasteiger partial charge on any atom is -0.461 e. The van der Waals surface area contributed by atoms with Gasteiger partial charge in [0.25, 0.3) is 0 Å². The van der Waals surface area contributed by atoms with Crippen molar-refractivity contribution in [2.24, 2.45) is 0 Å². The number of hydrogen-bond acceptors (Lipinski definition) is 6. The van der Waals surface area contributed by atoms with Gasteiger partial charge in [-0.25, -0.2) is 14.6 Å². The number of nitrogens with zero attached hydrogens (tertiary/aromatic N) is 2. The number of nitrogens with one attached hydrogen (secondary N) is 2. The highest BCUT2D eigenvalue weighted by Crippen LogP contribution is 2.22. The number of ether oxygens (including phenoxy) is 1. The van der Waals surface area contributed by atoms with E-state index < -0.39 is 12.0 Å². The zero-order chi connectivity index (χ0) is 18.9. The van der Waals surface area contributed by atoms with E-state index in [0.29, 0.717) is 12.8 Å². The molecule has 0 bridgehead atoms. The smallest absolute Gasteiger partial charge is 0.357 e. The summed E-state index contributed by atoms with van der Waals surface area (Å²) in [6, 6.07) is -0.350. The van der Waals surface area contributed by atoms with Gasteiger partial charge in [-0.2, -0.15) is 5.01 Å². The molecule has 26 heavy (non-hydrogen) atoms. The number of carbonyl (C=O) groups excluding carboxylic acids is 3. The second kappa shape index (κ2) is 10.1. The van der Waals surface area contributed by atoms with Crippen LogP contribution in [-0.2, 0) is 9.53 Å². The van der Waals surface area contributed by atoms with Gasteiger partial charge in [0.15, 0.2) is 5.69 Å². The summed E-state index contributed by atoms with van der Waals surface area (Å²) < 4.78 is 4.92. The Bertz CT molecular complexity index is 628. The Balaban J connectivity index is 2.13. The summed E-state index contributed by atoms with van der Waals surface area (Å²) in [5.74, 6) is -0.832. The number of hydrogen-bond donors (Lipinski definition) is 2. The van der Waals surface area contributed by atoms with Crippen LogP contribution in [0.2, 0.25) is 0 Å². The van der Waals surface area contributed by atoms with Crippen LogP contribution in [0, 0.1) is 0 Å². The molecule has 1 heterocycles. The third kappa shape index (κ3) is 5.69. The number of aromatic nitrogens is 1. The second-order valence-corrected chi connectivity index (χ2v) is 6.98. The van der Waals surface area contributed by atoms with Gasteiger partial charge in [-0.15, -0.1) is 11.3 Å². The molecule has 0 saturated heterocycles. The number of rotatable bonds is 6. The molecule has 1 aromatic rings. The zero-order valence-electron chi connectivity index (χ0n) is 15.2. The number of carbonyl (C=O) groups is 3. The first-order valence-electron chi connectivity index (χ1n) is 9.07. The molecule has 1 aromatic heterocycles. The molecule has 0 radical (unpaired) electrons. The standard InChI is InChI=1S/C17H26N4O4S/c1-3-8-14(22)20-21(16(24)18-12-9-6-5-7-10-12)17-19-13(11-26-17)15(23)25-4-2/h11-12H,3-10H2,1-2H3,(H,18,24)(H,20,22). The van der Waals surface area contributed by atoms with E-state index in [4.69, 9.17) is 4.74 Å². The zero-order valence-corrected chi connectivity index (χ0v) is 16.1. The molecule has 8 nitrogen and oxygen atoms in total. The molecular formula is C17H26N4O4S. The van der Waals surface area contributed by atoms with E-state index in [-0.39, 0.29) is 29.4 Å². The van der Waals surface area contributed by atoms with Crippen molar-refractivity contribution in [3.05, 3.63) is 11.1 Å². The number of thiazole rings is 1. The van der Waals surface area contributed by atoms with E-state index >= 15 is 0 Å². The van der Waals surface area contributed by atoms with Gasteiger partial charge in [0.1, 0.15) is 0 Å². The number of esters is 1. The molecule has 0 aliphatic heterocycles. The summed E-state index contributed by atoms with van der Waals surface area (Å²) >= 11 is 1.10. The van der Waals surface area contributed by atoms with E-state index in [0.717, 1.165) is 42.0 Å². The van der Waals surface area contributed by atoms with Gasteiger partial charge in [0, 0.05) is 17.8 Å². The lowest BCUT2D eigenvalue weighted by atomic mass is 9.96. The fraction of sp³-hybridized carbons (Fsp3) is 0.647. The van der Waals surface area contributed by atoms with Gasteiger partial charge < -0.3 is 10.1 Å². The maximum absolute atomic E-state index is 12.7. The first-order valence-corrected chi connectivity index (χ1v) is 9.95. The largest absolute Gasteiger partial charge is 0.461 e. The van der Waals surface area contributed by atoms with Crippen LogP contribution in [0.15, 0.2) is 5.38 Å². The molecule has 1 aliphatic carbocycles. The van der Waals surface area contributed by atoms with Gasteiger partial charge in [-0.1, -0.05) is 26.2 Å². The Hall–Kier alpha value is -2.16. The summed E-state index contributed by atoms with van der Waals surface area (Å²) in [7, 11) is 0. The Morgan fingerprint density at radius 2 is 2.00 bits per heavy atom. The van der Waals surface area contributed by atoms with Crippen molar-refractivity contribution in [2.45, 2.75) is 64.8 Å². The third-order valence-corrected chi connectivity index (χ3v) is 4.84. The molecule has 0 spiro atoms. The van der Waals surface area contributed by atoms with Crippen LogP contribution in [0.5, 0.6) is 0 Å². The van der Waals surface area contributed by atoms with Crippen LogP contribution in [0.25, 0.3) is 0 Å². The van der Waals surface area contributed by atoms with Crippen molar-refractivity contribution < 1.29 is 19.1 Å². The van der Waals surface area contributed by atoms with Crippen molar-refractivity contribution in [3.63, 3.8) is 0 Å². The van der Waals surface area contributed by atoms with Crippen LogP contribution in [0.4, 0.5) is 9.93 Å². The van der Waals surface area contributed by atoms with Crippen LogP contribution in [0.1, 0.15) is 69.3 Å². The summed E-state index contributed by atoms with van der Waals surface area (Å²) in [5, 5.41) is 5.79. The fourth-order valence-electron chi connectivity index (χ4n) is 2.74. The molecule has 2 rings (SSSR count). The van der Waals surface area contributed by atoms with E-state index in [1.807, 2.05) is 6.92 Å². The maximum Gasteiger partial charge on any atom is 0.357 e. The van der Waals surface area contributed by atoms with Crippen LogP contribution in [-0.4, -0.2) is 35.5 Å². The first kappa shape index (κ1) is 20.2. The van der Waals surface area contributed by atoms with Crippen molar-refractivity contribution >= 4 is 34.4 Å². The third-order valence-electron chi connectivity index (χ3n) is 4.02. The molecule has 1 aliphatic rings. The number of urea groups is 1. The van der Waals surface area contributed by atoms with Crippen molar-refractivity contribution in [1.82, 2.24) is 15.7 Å². The van der Waals surface area contributed by atoms with Crippen molar-refractivity contribution in [1.29, 1.82) is 0 Å². The highest BCUT2D eigenvalue weighted by molar-refractivity contribution is 7.14. The average molecular weight is 382 g/mol. The fourth-order valence-corrected chi connectivity index (χ4v) is 3.50. The lowest BCUT2D eigenvalue weighted by Gasteiger charge is -2.27.